The molecule has 1 aliphatic rings. The van der Waals surface area contributed by atoms with Crippen LogP contribution < -0.4 is 0 Å². The number of hydrogen-bond donors (Lipinski definition) is 0. The molecule has 0 aliphatic carbocycles. The lowest BCUT2D eigenvalue weighted by atomic mass is 9.94. The summed E-state index contributed by atoms with van der Waals surface area (Å²) in [4.78, 5) is 25.0. The van der Waals surface area contributed by atoms with Gasteiger partial charge in [-0.1, -0.05) is 6.07 Å². The Morgan fingerprint density at radius 1 is 1.26 bits per heavy atom. The van der Waals surface area contributed by atoms with Crippen LogP contribution in [0.2, 0.25) is 0 Å². The number of carbonyl (C=O) groups is 1. The van der Waals surface area contributed by atoms with Crippen LogP contribution in [0.15, 0.2) is 43.0 Å². The number of nitrogens with zero attached hydrogens (tertiary/aromatic N) is 6. The number of fused-ring (bicyclic) bond motifs is 1. The van der Waals surface area contributed by atoms with Crippen molar-refractivity contribution in [3.8, 4) is 0 Å². The molecule has 0 aromatic carbocycles. The number of hydrogen-bond acceptors (Lipinski definition) is 5. The van der Waals surface area contributed by atoms with E-state index in [-0.39, 0.29) is 5.91 Å². The molecule has 1 aliphatic heterocycles. The van der Waals surface area contributed by atoms with Gasteiger partial charge in [-0.3, -0.25) is 14.7 Å². The van der Waals surface area contributed by atoms with Gasteiger partial charge in [0.2, 0.25) is 0 Å². The highest BCUT2D eigenvalue weighted by atomic mass is 16.2. The first kappa shape index (κ1) is 17.6. The molecule has 1 atom stereocenters. The lowest BCUT2D eigenvalue weighted by Crippen LogP contribution is -2.34. The maximum absolute atomic E-state index is 12.4. The van der Waals surface area contributed by atoms with E-state index in [0.29, 0.717) is 17.1 Å². The van der Waals surface area contributed by atoms with Gasteiger partial charge in [-0.05, 0) is 37.1 Å². The van der Waals surface area contributed by atoms with Crippen molar-refractivity contribution in [2.45, 2.75) is 25.3 Å². The molecule has 140 valence electrons. The van der Waals surface area contributed by atoms with Crippen molar-refractivity contribution in [3.63, 3.8) is 0 Å². The summed E-state index contributed by atoms with van der Waals surface area (Å²) in [7, 11) is 3.49. The Labute approximate surface area is 158 Å². The van der Waals surface area contributed by atoms with E-state index >= 15 is 0 Å². The molecule has 3 aromatic rings. The fourth-order valence-corrected chi connectivity index (χ4v) is 3.80. The van der Waals surface area contributed by atoms with Crippen LogP contribution in [0, 0.1) is 0 Å². The van der Waals surface area contributed by atoms with Crippen molar-refractivity contribution in [2.75, 3.05) is 27.2 Å². The molecule has 0 spiro atoms. The van der Waals surface area contributed by atoms with Gasteiger partial charge in [-0.25, -0.2) is 9.50 Å². The SMILES string of the molecule is CN(C)C(=O)c1cnn2c([C@@H]3CCCN(Cc4cccnc4)C3)ccnc12. The smallest absolute Gasteiger partial charge is 0.258 e. The Balaban J connectivity index is 1.59. The molecule has 4 rings (SSSR count). The van der Waals surface area contributed by atoms with Gasteiger partial charge in [-0.2, -0.15) is 5.10 Å². The zero-order chi connectivity index (χ0) is 18.8. The molecule has 1 fully saturated rings. The minimum absolute atomic E-state index is 0.0727. The van der Waals surface area contributed by atoms with Crippen LogP contribution in [0.1, 0.15) is 40.4 Å². The zero-order valence-corrected chi connectivity index (χ0v) is 15.7. The number of likely N-dealkylation sites (tertiary alicyclic amines) is 1. The van der Waals surface area contributed by atoms with Crippen LogP contribution >= 0.6 is 0 Å². The molecule has 0 bridgehead atoms. The summed E-state index contributed by atoms with van der Waals surface area (Å²) in [5.41, 5.74) is 3.53. The van der Waals surface area contributed by atoms with Gasteiger partial charge in [0.1, 0.15) is 5.56 Å². The lowest BCUT2D eigenvalue weighted by Gasteiger charge is -2.32. The molecule has 0 unspecified atom stereocenters. The quantitative estimate of drug-likeness (QED) is 0.710. The fourth-order valence-electron chi connectivity index (χ4n) is 3.80. The largest absolute Gasteiger partial charge is 0.345 e. The van der Waals surface area contributed by atoms with Crippen molar-refractivity contribution in [1.29, 1.82) is 0 Å². The van der Waals surface area contributed by atoms with E-state index in [1.807, 2.05) is 22.8 Å². The number of amides is 1. The summed E-state index contributed by atoms with van der Waals surface area (Å²) in [6.07, 6.45) is 9.41. The Bertz CT molecular complexity index is 936. The molecular weight excluding hydrogens is 340 g/mol. The third-order valence-electron chi connectivity index (χ3n) is 5.12. The zero-order valence-electron chi connectivity index (χ0n) is 15.7. The van der Waals surface area contributed by atoms with Crippen molar-refractivity contribution < 1.29 is 4.79 Å². The van der Waals surface area contributed by atoms with E-state index in [1.54, 1.807) is 37.6 Å². The van der Waals surface area contributed by atoms with Gasteiger partial charge >= 0.3 is 0 Å². The maximum Gasteiger partial charge on any atom is 0.258 e. The van der Waals surface area contributed by atoms with Crippen molar-refractivity contribution in [1.82, 2.24) is 29.4 Å². The van der Waals surface area contributed by atoms with E-state index in [1.165, 1.54) is 5.56 Å². The Morgan fingerprint density at radius 3 is 2.93 bits per heavy atom. The Hall–Kier alpha value is -2.80. The second-order valence-electron chi connectivity index (χ2n) is 7.30. The van der Waals surface area contributed by atoms with Crippen LogP contribution in [0.5, 0.6) is 0 Å². The molecule has 4 heterocycles. The molecule has 3 aromatic heterocycles. The summed E-state index contributed by atoms with van der Waals surface area (Å²) in [5, 5.41) is 4.48. The van der Waals surface area contributed by atoms with Crippen molar-refractivity contribution >= 4 is 11.6 Å². The van der Waals surface area contributed by atoms with Crippen LogP contribution in [-0.2, 0) is 6.54 Å². The second-order valence-corrected chi connectivity index (χ2v) is 7.30. The molecule has 27 heavy (non-hydrogen) atoms. The van der Waals surface area contributed by atoms with Gasteiger partial charge < -0.3 is 4.90 Å². The average Bonchev–Trinajstić information content (AvgIpc) is 3.12. The number of aromatic nitrogens is 4. The normalized spacial score (nSPS) is 17.9. The van der Waals surface area contributed by atoms with Crippen molar-refractivity contribution in [3.05, 3.63) is 59.8 Å². The summed E-state index contributed by atoms with van der Waals surface area (Å²) in [5.74, 6) is 0.291. The predicted octanol–water partition coefficient (Wildman–Crippen LogP) is 2.21. The number of pyridine rings is 1. The monoisotopic (exact) mass is 364 g/mol. The summed E-state index contributed by atoms with van der Waals surface area (Å²) < 4.78 is 1.84. The standard InChI is InChI=1S/C20H24N6O/c1-24(2)20(27)17-12-23-26-18(7-9-22-19(17)26)16-6-4-10-25(14-16)13-15-5-3-8-21-11-15/h3,5,7-9,11-12,16H,4,6,10,13-14H2,1-2H3/t16-/m1/s1. The molecule has 0 N–H and O–H groups in total. The summed E-state index contributed by atoms with van der Waals surface area (Å²) in [6, 6.07) is 6.13. The molecule has 1 saturated heterocycles. The van der Waals surface area contributed by atoms with Gasteiger partial charge in [0.05, 0.1) is 11.9 Å². The molecule has 0 saturated carbocycles. The minimum atomic E-state index is -0.0727. The van der Waals surface area contributed by atoms with Gasteiger partial charge in [0.25, 0.3) is 5.91 Å². The first-order chi connectivity index (χ1) is 13.1. The van der Waals surface area contributed by atoms with Gasteiger partial charge in [0, 0.05) is 51.7 Å². The van der Waals surface area contributed by atoms with E-state index < -0.39 is 0 Å². The lowest BCUT2D eigenvalue weighted by molar-refractivity contribution is 0.0829. The van der Waals surface area contributed by atoms with Crippen LogP contribution in [0.4, 0.5) is 0 Å². The van der Waals surface area contributed by atoms with Gasteiger partial charge in [-0.15, -0.1) is 0 Å². The van der Waals surface area contributed by atoms with E-state index in [0.717, 1.165) is 38.2 Å². The van der Waals surface area contributed by atoms with Crippen LogP contribution in [0.25, 0.3) is 5.65 Å². The van der Waals surface area contributed by atoms with E-state index in [9.17, 15) is 4.79 Å². The van der Waals surface area contributed by atoms with E-state index in [2.05, 4.69) is 26.0 Å². The van der Waals surface area contributed by atoms with Crippen LogP contribution in [0.3, 0.4) is 0 Å². The summed E-state index contributed by atoms with van der Waals surface area (Å²) in [6.45, 7) is 2.95. The molecule has 7 nitrogen and oxygen atoms in total. The Morgan fingerprint density at radius 2 is 2.15 bits per heavy atom. The first-order valence-corrected chi connectivity index (χ1v) is 9.29. The highest BCUT2D eigenvalue weighted by Gasteiger charge is 2.25. The maximum atomic E-state index is 12.4. The average molecular weight is 364 g/mol. The fraction of sp³-hybridized carbons (Fsp3) is 0.400. The first-order valence-electron chi connectivity index (χ1n) is 9.29. The second kappa shape index (κ2) is 7.44. The van der Waals surface area contributed by atoms with Gasteiger partial charge in [0.15, 0.2) is 5.65 Å². The third kappa shape index (κ3) is 3.55. The number of piperidine rings is 1. The highest BCUT2D eigenvalue weighted by molar-refractivity contribution is 5.99. The van der Waals surface area contributed by atoms with Crippen LogP contribution in [-0.4, -0.2) is 62.5 Å². The molecule has 0 radical (unpaired) electrons. The molecule has 1 amide bonds. The number of rotatable bonds is 4. The Kier molecular flexibility index (Phi) is 4.85. The predicted molar refractivity (Wildman–Crippen MR) is 102 cm³/mol. The minimum Gasteiger partial charge on any atom is -0.345 e. The molecule has 7 heteroatoms. The van der Waals surface area contributed by atoms with E-state index in [4.69, 9.17) is 0 Å². The summed E-state index contributed by atoms with van der Waals surface area (Å²) >= 11 is 0. The third-order valence-corrected chi connectivity index (χ3v) is 5.12. The number of carbonyl (C=O) groups excluding carboxylic acids is 1. The molecular formula is C20H24N6O. The topological polar surface area (TPSA) is 66.6 Å². The highest BCUT2D eigenvalue weighted by Crippen LogP contribution is 2.28. The van der Waals surface area contributed by atoms with Crippen molar-refractivity contribution in [2.24, 2.45) is 0 Å².